The summed E-state index contributed by atoms with van der Waals surface area (Å²) in [5.41, 5.74) is 1.16. The van der Waals surface area contributed by atoms with E-state index in [9.17, 15) is 34.2 Å². The minimum Gasteiger partial charge on any atom is -0.508 e. The van der Waals surface area contributed by atoms with Gasteiger partial charge in [-0.3, -0.25) is 29.1 Å². The lowest BCUT2D eigenvalue weighted by molar-refractivity contribution is -0.150. The van der Waals surface area contributed by atoms with Gasteiger partial charge in [0.25, 0.3) is 11.8 Å². The number of aromatic amines is 1. The number of H-pyrrole nitrogens is 1. The summed E-state index contributed by atoms with van der Waals surface area (Å²) in [5, 5.41) is 32.1. The highest BCUT2D eigenvalue weighted by molar-refractivity contribution is 8.00. The van der Waals surface area contributed by atoms with Crippen LogP contribution in [0.1, 0.15) is 27.0 Å². The predicted molar refractivity (Wildman–Crippen MR) is 162 cm³/mol. The molecule has 2 aliphatic rings. The number of hydrogen-bond acceptors (Lipinski definition) is 12. The summed E-state index contributed by atoms with van der Waals surface area (Å²) >= 11 is 7.79. The highest BCUT2D eigenvalue weighted by Crippen LogP contribution is 2.41. The van der Waals surface area contributed by atoms with Crippen LogP contribution in [-0.4, -0.2) is 81.0 Å². The average molecular weight is 650 g/mol. The van der Waals surface area contributed by atoms with E-state index in [0.717, 1.165) is 16.2 Å². The second-order valence-electron chi connectivity index (χ2n) is 9.53. The number of pyridine rings is 2. The number of hydrogen-bond donors (Lipinski definition) is 5. The lowest BCUT2D eigenvalue weighted by Gasteiger charge is -2.49. The normalized spacial score (nSPS) is 18.3. The Morgan fingerprint density at radius 2 is 1.93 bits per heavy atom. The summed E-state index contributed by atoms with van der Waals surface area (Å²) < 4.78 is 0. The Hall–Kier alpha value is -5.00. The van der Waals surface area contributed by atoms with E-state index in [-0.39, 0.29) is 44.3 Å². The molecule has 3 amide bonds. The fourth-order valence-electron chi connectivity index (χ4n) is 4.82. The number of carbonyl (C=O) groups is 4. The van der Waals surface area contributed by atoms with E-state index in [1.54, 1.807) is 12.1 Å². The zero-order valence-corrected chi connectivity index (χ0v) is 24.5. The highest BCUT2D eigenvalue weighted by Gasteiger charge is 2.55. The van der Waals surface area contributed by atoms with Gasteiger partial charge in [0.1, 0.15) is 45.5 Å². The van der Waals surface area contributed by atoms with Crippen molar-refractivity contribution in [1.82, 2.24) is 35.7 Å². The molecule has 222 valence electrons. The van der Waals surface area contributed by atoms with Crippen molar-refractivity contribution in [3.8, 4) is 5.75 Å². The van der Waals surface area contributed by atoms with Crippen molar-refractivity contribution < 1.29 is 29.4 Å². The molecule has 1 aromatic carbocycles. The molecule has 1 saturated heterocycles. The molecule has 0 aliphatic carbocycles. The molecule has 5 heterocycles. The van der Waals surface area contributed by atoms with E-state index in [4.69, 9.17) is 12.2 Å². The Kier molecular flexibility index (Phi) is 7.66. The number of phenols is 1. The first-order valence-corrected chi connectivity index (χ1v) is 15.1. The molecule has 0 radical (unpaired) electrons. The minimum atomic E-state index is -1.40. The molecule has 0 saturated carbocycles. The maximum absolute atomic E-state index is 13.6. The number of carboxylic acid groups (broad SMARTS) is 1. The number of thiocarbonyl (C=S) groups is 1. The number of nitrogens with one attached hydrogen (secondary N) is 3. The Labute approximate surface area is 260 Å². The van der Waals surface area contributed by atoms with Crippen molar-refractivity contribution in [2.24, 2.45) is 0 Å². The van der Waals surface area contributed by atoms with Gasteiger partial charge >= 0.3 is 5.97 Å². The third-order valence-electron chi connectivity index (χ3n) is 6.95. The van der Waals surface area contributed by atoms with Gasteiger partial charge < -0.3 is 25.8 Å². The molecule has 17 heteroatoms. The highest BCUT2D eigenvalue weighted by atomic mass is 32.2. The number of aromatic nitrogens is 4. The van der Waals surface area contributed by atoms with Crippen LogP contribution in [0, 0.1) is 0 Å². The molecule has 44 heavy (non-hydrogen) atoms. The molecular weight excluding hydrogens is 631 g/mol. The summed E-state index contributed by atoms with van der Waals surface area (Å²) in [4.78, 5) is 73.5. The van der Waals surface area contributed by atoms with Crippen molar-refractivity contribution >= 4 is 74.9 Å². The van der Waals surface area contributed by atoms with Crippen LogP contribution in [-0.2, 0) is 14.4 Å². The quantitative estimate of drug-likeness (QED) is 0.103. The predicted octanol–water partition coefficient (Wildman–Crippen LogP) is 1.11. The number of benzene rings is 1. The number of rotatable bonds is 8. The van der Waals surface area contributed by atoms with Crippen LogP contribution in [0.3, 0.4) is 0 Å². The average Bonchev–Trinajstić information content (AvgIpc) is 3.57. The molecule has 14 nitrogen and oxygen atoms in total. The standard InChI is InChI=1S/C27H19N7O7S3/c35-12-5-3-11(4-6-12)16(31-22(37)13-8-29-15-2-1-7-28-17(15)20(13)36)23(38)32-18-25(39)34-19(27(40)41)14(9-43-26(18)34)21(42)24-33-30-10-44-24/h1-8,10,16,18,26,35H,9H2,(H,29,36)(H,31,37)(H,32,38)(H,40,41)/t16?,18?,26-/m0/s1. The second-order valence-corrected chi connectivity index (χ2v) is 11.9. The lowest BCUT2D eigenvalue weighted by Crippen LogP contribution is -2.71. The van der Waals surface area contributed by atoms with Crippen molar-refractivity contribution in [2.75, 3.05) is 5.75 Å². The number of fused-ring (bicyclic) bond motifs is 2. The number of aromatic hydroxyl groups is 1. The number of nitrogens with zero attached hydrogens (tertiary/aromatic N) is 4. The molecule has 1 fully saturated rings. The maximum Gasteiger partial charge on any atom is 0.353 e. The third kappa shape index (κ3) is 5.10. The van der Waals surface area contributed by atoms with Crippen LogP contribution in [0.25, 0.3) is 11.0 Å². The van der Waals surface area contributed by atoms with Gasteiger partial charge in [0.05, 0.1) is 10.4 Å². The fraction of sp³-hybridized carbons (Fsp3) is 0.148. The number of aliphatic carboxylic acids is 1. The van der Waals surface area contributed by atoms with Gasteiger partial charge in [-0.1, -0.05) is 35.7 Å². The maximum atomic E-state index is 13.6. The van der Waals surface area contributed by atoms with Crippen LogP contribution in [0.15, 0.2) is 70.4 Å². The number of phenolic OH excluding ortho intramolecular Hbond substituents is 1. The summed E-state index contributed by atoms with van der Waals surface area (Å²) in [6.07, 6.45) is 2.62. The van der Waals surface area contributed by atoms with Gasteiger partial charge in [-0.25, -0.2) is 4.79 Å². The Balaban J connectivity index is 1.26. The Morgan fingerprint density at radius 1 is 1.16 bits per heavy atom. The largest absolute Gasteiger partial charge is 0.508 e. The molecule has 3 aromatic heterocycles. The monoisotopic (exact) mass is 649 g/mol. The summed E-state index contributed by atoms with van der Waals surface area (Å²) in [7, 11) is 0. The second kappa shape index (κ2) is 11.6. The first kappa shape index (κ1) is 29.1. The Morgan fingerprint density at radius 3 is 2.64 bits per heavy atom. The zero-order chi connectivity index (χ0) is 31.1. The topological polar surface area (TPSA) is 208 Å². The van der Waals surface area contributed by atoms with Crippen LogP contribution in [0.2, 0.25) is 0 Å². The van der Waals surface area contributed by atoms with Gasteiger partial charge in [0.2, 0.25) is 11.3 Å². The van der Waals surface area contributed by atoms with Crippen LogP contribution >= 0.6 is 35.3 Å². The molecular formula is C27H19N7O7S3. The number of amides is 3. The van der Waals surface area contributed by atoms with E-state index >= 15 is 0 Å². The molecule has 6 rings (SSSR count). The smallest absolute Gasteiger partial charge is 0.353 e. The number of β-lactam (4-membered cyclic amide) rings is 1. The summed E-state index contributed by atoms with van der Waals surface area (Å²) in [6, 6.07) is 6.17. The van der Waals surface area contributed by atoms with Gasteiger partial charge in [-0.2, -0.15) is 0 Å². The molecule has 3 atom stereocenters. The van der Waals surface area contributed by atoms with Crippen molar-refractivity contribution in [3.05, 3.63) is 91.9 Å². The van der Waals surface area contributed by atoms with Crippen LogP contribution in [0.4, 0.5) is 0 Å². The van der Waals surface area contributed by atoms with Gasteiger partial charge in [0.15, 0.2) is 5.01 Å². The van der Waals surface area contributed by atoms with Crippen LogP contribution < -0.4 is 16.1 Å². The van der Waals surface area contributed by atoms with E-state index in [2.05, 4.69) is 30.8 Å². The molecule has 0 spiro atoms. The van der Waals surface area contributed by atoms with E-state index < -0.39 is 46.6 Å². The van der Waals surface area contributed by atoms with Crippen molar-refractivity contribution in [1.29, 1.82) is 0 Å². The SMILES string of the molecule is O=C(O)C1=C(C(=S)c2nncs2)CS[C@H]2C(NC(=O)C(NC(=O)c3c[nH]c4cccnc4c3=O)c3ccc(O)cc3)C(=O)N12. The first-order chi connectivity index (χ1) is 21.2. The zero-order valence-electron chi connectivity index (χ0n) is 22.1. The molecule has 2 aliphatic heterocycles. The molecule has 2 unspecified atom stereocenters. The molecule has 5 N–H and O–H groups in total. The molecule has 0 bridgehead atoms. The number of thioether (sulfide) groups is 1. The third-order valence-corrected chi connectivity index (χ3v) is 9.50. The first-order valence-electron chi connectivity index (χ1n) is 12.7. The number of carboxylic acids is 1. The van der Waals surface area contributed by atoms with Crippen molar-refractivity contribution in [3.63, 3.8) is 0 Å². The molecule has 4 aromatic rings. The fourth-order valence-corrected chi connectivity index (χ4v) is 7.14. The van der Waals surface area contributed by atoms with Crippen molar-refractivity contribution in [2.45, 2.75) is 17.5 Å². The Bertz CT molecular complexity index is 1940. The summed E-state index contributed by atoms with van der Waals surface area (Å²) in [5.74, 6) is -3.67. The van der Waals surface area contributed by atoms with Gasteiger partial charge in [0, 0.05) is 23.7 Å². The minimum absolute atomic E-state index is 0.0347. The lowest BCUT2D eigenvalue weighted by atomic mass is 9.99. The van der Waals surface area contributed by atoms with E-state index in [0.29, 0.717) is 10.5 Å². The van der Waals surface area contributed by atoms with E-state index in [1.807, 2.05) is 0 Å². The van der Waals surface area contributed by atoms with Crippen LogP contribution in [0.5, 0.6) is 5.75 Å². The van der Waals surface area contributed by atoms with E-state index in [1.165, 1.54) is 53.9 Å². The van der Waals surface area contributed by atoms with Gasteiger partial charge in [-0.15, -0.1) is 22.0 Å². The summed E-state index contributed by atoms with van der Waals surface area (Å²) in [6.45, 7) is 0. The number of carbonyl (C=O) groups excluding carboxylic acids is 3. The van der Waals surface area contributed by atoms with Gasteiger partial charge in [-0.05, 0) is 29.8 Å².